The third-order valence-corrected chi connectivity index (χ3v) is 6.22. The molecule has 0 fully saturated rings. The van der Waals surface area contributed by atoms with E-state index in [1.54, 1.807) is 24.3 Å². The second-order valence-corrected chi connectivity index (χ2v) is 8.04. The maximum absolute atomic E-state index is 12.9. The average molecular weight is 425 g/mol. The number of hydrogen-bond acceptors (Lipinski definition) is 4. The summed E-state index contributed by atoms with van der Waals surface area (Å²) in [5.74, 6) is -0.648. The van der Waals surface area contributed by atoms with Crippen molar-refractivity contribution in [2.75, 3.05) is 0 Å². The molecule has 0 N–H and O–H groups in total. The van der Waals surface area contributed by atoms with Crippen molar-refractivity contribution in [1.29, 1.82) is 0 Å². The van der Waals surface area contributed by atoms with Crippen LogP contribution in [0.1, 0.15) is 86.9 Å². The fourth-order valence-corrected chi connectivity index (χ4v) is 4.36. The van der Waals surface area contributed by atoms with Gasteiger partial charge in [-0.25, -0.2) is 9.59 Å². The highest BCUT2D eigenvalue weighted by Gasteiger charge is 2.46. The Morgan fingerprint density at radius 3 is 1.32 bits per heavy atom. The molecule has 4 nitrogen and oxygen atoms in total. The van der Waals surface area contributed by atoms with Crippen molar-refractivity contribution in [2.24, 2.45) is 5.41 Å². The van der Waals surface area contributed by atoms with E-state index in [9.17, 15) is 9.59 Å². The van der Waals surface area contributed by atoms with Crippen molar-refractivity contribution < 1.29 is 19.1 Å². The van der Waals surface area contributed by atoms with Crippen LogP contribution in [0.4, 0.5) is 0 Å². The van der Waals surface area contributed by atoms with Gasteiger partial charge >= 0.3 is 11.9 Å². The lowest BCUT2D eigenvalue weighted by molar-refractivity contribution is -0.0984. The van der Waals surface area contributed by atoms with Crippen molar-refractivity contribution in [3.63, 3.8) is 0 Å². The quantitative estimate of drug-likeness (QED) is 0.350. The van der Waals surface area contributed by atoms with E-state index in [0.29, 0.717) is 11.1 Å². The van der Waals surface area contributed by atoms with E-state index < -0.39 is 5.41 Å². The van der Waals surface area contributed by atoms with Crippen LogP contribution < -0.4 is 0 Å². The normalized spacial score (nSPS) is 13.3. The van der Waals surface area contributed by atoms with E-state index in [2.05, 4.69) is 27.7 Å². The third-order valence-electron chi connectivity index (χ3n) is 6.22. The standard InChI is InChI=1S/C27H36O4/c1-5-15-23(30-25(28)21-17-11-9-12-18-21)27(7-3,8-4)24(16-6-2)31-26(29)22-19-13-10-14-20-22/h9-14,17-20,23-24H,5-8,15-16H2,1-4H3. The average Bonchev–Trinajstić information content (AvgIpc) is 2.81. The zero-order valence-corrected chi connectivity index (χ0v) is 19.3. The molecular formula is C27H36O4. The van der Waals surface area contributed by atoms with Gasteiger partial charge in [-0.15, -0.1) is 0 Å². The molecule has 4 heteroatoms. The maximum atomic E-state index is 12.9. The first-order valence-electron chi connectivity index (χ1n) is 11.5. The van der Waals surface area contributed by atoms with Gasteiger partial charge in [0, 0.05) is 5.41 Å². The molecule has 2 atom stereocenters. The molecule has 168 valence electrons. The van der Waals surface area contributed by atoms with E-state index in [-0.39, 0.29) is 24.1 Å². The largest absolute Gasteiger partial charge is 0.458 e. The first-order chi connectivity index (χ1) is 15.0. The van der Waals surface area contributed by atoms with Crippen LogP contribution in [-0.2, 0) is 9.47 Å². The molecule has 2 rings (SSSR count). The molecule has 0 saturated carbocycles. The summed E-state index contributed by atoms with van der Waals surface area (Å²) >= 11 is 0. The van der Waals surface area contributed by atoms with Crippen LogP contribution in [0.2, 0.25) is 0 Å². The van der Waals surface area contributed by atoms with Crippen LogP contribution in [-0.4, -0.2) is 24.1 Å². The first-order valence-corrected chi connectivity index (χ1v) is 11.5. The summed E-state index contributed by atoms with van der Waals surface area (Å²) in [6.07, 6.45) is 4.04. The van der Waals surface area contributed by atoms with Crippen molar-refractivity contribution >= 4 is 11.9 Å². The van der Waals surface area contributed by atoms with Crippen LogP contribution in [0.25, 0.3) is 0 Å². The second kappa shape index (κ2) is 12.3. The summed E-state index contributed by atoms with van der Waals surface area (Å²) in [5.41, 5.74) is 0.636. The molecule has 0 saturated heterocycles. The Morgan fingerprint density at radius 1 is 0.677 bits per heavy atom. The van der Waals surface area contributed by atoms with Gasteiger partial charge < -0.3 is 9.47 Å². The Morgan fingerprint density at radius 2 is 1.03 bits per heavy atom. The third kappa shape index (κ3) is 6.19. The van der Waals surface area contributed by atoms with Crippen molar-refractivity contribution in [3.8, 4) is 0 Å². The summed E-state index contributed by atoms with van der Waals surface area (Å²) < 4.78 is 12.2. The minimum absolute atomic E-state index is 0.324. The molecule has 2 unspecified atom stereocenters. The monoisotopic (exact) mass is 424 g/mol. The Hall–Kier alpha value is -2.62. The fourth-order valence-electron chi connectivity index (χ4n) is 4.36. The maximum Gasteiger partial charge on any atom is 0.338 e. The molecule has 0 aliphatic carbocycles. The zero-order valence-electron chi connectivity index (χ0n) is 19.3. The Balaban J connectivity index is 2.35. The van der Waals surface area contributed by atoms with Crippen molar-refractivity contribution in [2.45, 2.75) is 78.4 Å². The number of ether oxygens (including phenoxy) is 2. The Bertz CT molecular complexity index is 731. The molecule has 0 aliphatic heterocycles. The molecular weight excluding hydrogens is 388 g/mol. The summed E-state index contributed by atoms with van der Waals surface area (Å²) in [6, 6.07) is 18.2. The minimum Gasteiger partial charge on any atom is -0.458 e. The molecule has 0 aromatic heterocycles. The molecule has 0 aliphatic rings. The van der Waals surface area contributed by atoms with Gasteiger partial charge in [-0.3, -0.25) is 0 Å². The highest BCUT2D eigenvalue weighted by atomic mass is 16.6. The summed E-state index contributed by atoms with van der Waals surface area (Å²) in [7, 11) is 0. The summed E-state index contributed by atoms with van der Waals surface area (Å²) in [6.45, 7) is 8.37. The number of esters is 2. The molecule has 31 heavy (non-hydrogen) atoms. The smallest absolute Gasteiger partial charge is 0.338 e. The van der Waals surface area contributed by atoms with E-state index in [1.165, 1.54) is 0 Å². The topological polar surface area (TPSA) is 52.6 Å². The summed E-state index contributed by atoms with van der Waals surface area (Å²) in [5, 5.41) is 0. The van der Waals surface area contributed by atoms with E-state index >= 15 is 0 Å². The number of carbonyl (C=O) groups excluding carboxylic acids is 2. The Labute approximate surface area is 187 Å². The van der Waals surface area contributed by atoms with E-state index in [1.807, 2.05) is 36.4 Å². The van der Waals surface area contributed by atoms with E-state index in [4.69, 9.17) is 9.47 Å². The molecule has 0 spiro atoms. The predicted molar refractivity (Wildman–Crippen MR) is 124 cm³/mol. The summed E-state index contributed by atoms with van der Waals surface area (Å²) in [4.78, 5) is 25.8. The van der Waals surface area contributed by atoms with Crippen LogP contribution in [0.3, 0.4) is 0 Å². The van der Waals surface area contributed by atoms with Gasteiger partial charge in [0.1, 0.15) is 12.2 Å². The van der Waals surface area contributed by atoms with Gasteiger partial charge in [-0.1, -0.05) is 76.9 Å². The van der Waals surface area contributed by atoms with Crippen LogP contribution in [0, 0.1) is 5.41 Å². The van der Waals surface area contributed by atoms with Gasteiger partial charge in [0.25, 0.3) is 0 Å². The van der Waals surface area contributed by atoms with Gasteiger partial charge in [0.05, 0.1) is 11.1 Å². The molecule has 2 aromatic carbocycles. The first kappa shape index (κ1) is 24.6. The van der Waals surface area contributed by atoms with Crippen LogP contribution in [0.15, 0.2) is 60.7 Å². The number of rotatable bonds is 12. The number of hydrogen-bond donors (Lipinski definition) is 0. The van der Waals surface area contributed by atoms with Gasteiger partial charge in [-0.2, -0.15) is 0 Å². The number of benzene rings is 2. The lowest BCUT2D eigenvalue weighted by Crippen LogP contribution is -2.48. The van der Waals surface area contributed by atoms with Crippen molar-refractivity contribution in [3.05, 3.63) is 71.8 Å². The van der Waals surface area contributed by atoms with Gasteiger partial charge in [0.15, 0.2) is 0 Å². The lowest BCUT2D eigenvalue weighted by Gasteiger charge is -2.44. The fraction of sp³-hybridized carbons (Fsp3) is 0.481. The van der Waals surface area contributed by atoms with Crippen LogP contribution >= 0.6 is 0 Å². The molecule has 0 heterocycles. The van der Waals surface area contributed by atoms with Gasteiger partial charge in [0.2, 0.25) is 0 Å². The highest BCUT2D eigenvalue weighted by molar-refractivity contribution is 5.90. The van der Waals surface area contributed by atoms with E-state index in [0.717, 1.165) is 38.5 Å². The van der Waals surface area contributed by atoms with Crippen molar-refractivity contribution in [1.82, 2.24) is 0 Å². The lowest BCUT2D eigenvalue weighted by atomic mass is 9.69. The SMILES string of the molecule is CCCC(OC(=O)c1ccccc1)C(CC)(CC)C(CCC)OC(=O)c1ccccc1. The van der Waals surface area contributed by atoms with Gasteiger partial charge in [-0.05, 0) is 49.9 Å². The molecule has 2 aromatic rings. The Kier molecular flexibility index (Phi) is 9.77. The molecule has 0 radical (unpaired) electrons. The number of carbonyl (C=O) groups is 2. The molecule has 0 bridgehead atoms. The predicted octanol–water partition coefficient (Wildman–Crippen LogP) is 6.84. The highest BCUT2D eigenvalue weighted by Crippen LogP contribution is 2.42. The second-order valence-electron chi connectivity index (χ2n) is 8.04. The molecule has 0 amide bonds. The zero-order chi connectivity index (χ0) is 22.7. The van der Waals surface area contributed by atoms with Crippen LogP contribution in [0.5, 0.6) is 0 Å². The minimum atomic E-state index is -0.444.